The van der Waals surface area contributed by atoms with Gasteiger partial charge in [-0.15, -0.1) is 0 Å². The van der Waals surface area contributed by atoms with Crippen molar-refractivity contribution in [1.29, 1.82) is 0 Å². The van der Waals surface area contributed by atoms with Gasteiger partial charge >= 0.3 is 0 Å². The summed E-state index contributed by atoms with van der Waals surface area (Å²) < 4.78 is 0. The molecule has 3 rings (SSSR count). The van der Waals surface area contributed by atoms with Crippen molar-refractivity contribution in [2.24, 2.45) is 0 Å². The molecule has 2 aliphatic heterocycles. The first-order valence-corrected chi connectivity index (χ1v) is 14.3. The highest BCUT2D eigenvalue weighted by Gasteiger charge is 2.43. The molecule has 4 amide bonds. The molecule has 0 saturated carbocycles. The van der Waals surface area contributed by atoms with Gasteiger partial charge in [-0.1, -0.05) is 50.3 Å². The average molecular weight is 555 g/mol. The van der Waals surface area contributed by atoms with Crippen molar-refractivity contribution in [2.45, 2.75) is 102 Å². The predicted octanol–water partition coefficient (Wildman–Crippen LogP) is 1.55. The van der Waals surface area contributed by atoms with E-state index < -0.39 is 47.5 Å². The van der Waals surface area contributed by atoms with Crippen LogP contribution in [0.4, 0.5) is 0 Å². The van der Waals surface area contributed by atoms with Crippen LogP contribution in [0.1, 0.15) is 71.3 Å². The van der Waals surface area contributed by atoms with Crippen LogP contribution in [0.2, 0.25) is 0 Å². The Bertz CT molecular complexity index is 1110. The van der Waals surface area contributed by atoms with E-state index in [0.29, 0.717) is 38.6 Å². The molecule has 2 heterocycles. The lowest BCUT2D eigenvalue weighted by atomic mass is 9.94. The first kappa shape index (κ1) is 31.0. The van der Waals surface area contributed by atoms with Crippen LogP contribution in [0.15, 0.2) is 42.5 Å². The molecule has 2 saturated heterocycles. The number of allylic oxidation sites excluding steroid dienone is 1. The van der Waals surface area contributed by atoms with E-state index in [4.69, 9.17) is 0 Å². The van der Waals surface area contributed by atoms with Crippen LogP contribution in [-0.2, 0) is 30.4 Å². The van der Waals surface area contributed by atoms with Crippen LogP contribution in [0.5, 0.6) is 0 Å². The normalized spacial score (nSPS) is 26.8. The van der Waals surface area contributed by atoms with Crippen LogP contribution < -0.4 is 16.0 Å². The summed E-state index contributed by atoms with van der Waals surface area (Å²) in [5, 5.41) is 18.2. The van der Waals surface area contributed by atoms with E-state index in [2.05, 4.69) is 16.0 Å². The van der Waals surface area contributed by atoms with Gasteiger partial charge < -0.3 is 26.0 Å². The van der Waals surface area contributed by atoms with E-state index in [9.17, 15) is 29.1 Å². The quantitative estimate of drug-likeness (QED) is 0.255. The highest BCUT2D eigenvalue weighted by atomic mass is 16.3. The number of ketones is 1. The Balaban J connectivity index is 1.82. The minimum atomic E-state index is -1.30. The summed E-state index contributed by atoms with van der Waals surface area (Å²) in [5.74, 6) is -2.03. The van der Waals surface area contributed by atoms with Crippen LogP contribution in [0.25, 0.3) is 0 Å². The fourth-order valence-electron chi connectivity index (χ4n) is 5.02. The molecule has 2 aliphatic rings. The molecule has 0 aromatic heterocycles. The fraction of sp³-hybridized carbons (Fsp3) is 0.567. The number of nitrogens with one attached hydrogen (secondary N) is 3. The number of aliphatic hydroxyl groups excluding tert-OH is 1. The Morgan fingerprint density at radius 1 is 1.10 bits per heavy atom. The molecule has 5 atom stereocenters. The maximum atomic E-state index is 13.7. The topological polar surface area (TPSA) is 145 Å². The second-order valence-corrected chi connectivity index (χ2v) is 10.8. The number of rotatable bonds is 10. The summed E-state index contributed by atoms with van der Waals surface area (Å²) in [4.78, 5) is 67.5. The Hall–Kier alpha value is -3.53. The summed E-state index contributed by atoms with van der Waals surface area (Å²) in [7, 11) is 0. The molecule has 4 N–H and O–H groups in total. The summed E-state index contributed by atoms with van der Waals surface area (Å²) in [6.07, 6.45) is 5.12. The largest absolute Gasteiger partial charge is 0.385 e. The lowest BCUT2D eigenvalue weighted by Crippen LogP contribution is -2.65. The number of aliphatic hydroxyl groups is 1. The number of unbranched alkanes of at least 4 members (excludes halogenated alkanes) is 1. The molecule has 1 aromatic rings. The Labute approximate surface area is 236 Å². The zero-order valence-corrected chi connectivity index (χ0v) is 23.7. The Morgan fingerprint density at radius 2 is 1.82 bits per heavy atom. The van der Waals surface area contributed by atoms with Crippen LogP contribution in [-0.4, -0.2) is 75.7 Å². The van der Waals surface area contributed by atoms with Crippen molar-refractivity contribution < 1.29 is 29.1 Å². The van der Waals surface area contributed by atoms with Crippen molar-refractivity contribution in [1.82, 2.24) is 20.9 Å². The number of amides is 4. The number of hydrogen-bond acceptors (Lipinski definition) is 6. The fourth-order valence-corrected chi connectivity index (χ4v) is 5.02. The molecule has 40 heavy (non-hydrogen) atoms. The van der Waals surface area contributed by atoms with Crippen molar-refractivity contribution in [3.05, 3.63) is 48.0 Å². The lowest BCUT2D eigenvalue weighted by molar-refractivity contribution is -0.144. The van der Waals surface area contributed by atoms with Gasteiger partial charge in [-0.2, -0.15) is 0 Å². The third-order valence-corrected chi connectivity index (χ3v) is 7.83. The third kappa shape index (κ3) is 7.78. The molecule has 0 radical (unpaired) electrons. The van der Waals surface area contributed by atoms with Crippen LogP contribution in [0, 0.1) is 0 Å². The number of carbonyl (C=O) groups excluding carboxylic acids is 5. The molecule has 0 spiro atoms. The van der Waals surface area contributed by atoms with Crippen molar-refractivity contribution in [2.75, 3.05) is 6.54 Å². The first-order valence-electron chi connectivity index (χ1n) is 14.3. The molecular weight excluding hydrogens is 512 g/mol. The molecule has 10 nitrogen and oxygen atoms in total. The Morgan fingerprint density at radius 3 is 2.50 bits per heavy atom. The second kappa shape index (κ2) is 14.2. The van der Waals surface area contributed by atoms with E-state index in [1.54, 1.807) is 26.8 Å². The van der Waals surface area contributed by atoms with E-state index in [-0.39, 0.29) is 31.0 Å². The minimum Gasteiger partial charge on any atom is -0.385 e. The van der Waals surface area contributed by atoms with Gasteiger partial charge in [0.15, 0.2) is 5.78 Å². The van der Waals surface area contributed by atoms with E-state index in [1.807, 2.05) is 30.3 Å². The Kier molecular flexibility index (Phi) is 11.0. The summed E-state index contributed by atoms with van der Waals surface area (Å²) in [6, 6.07) is 6.82. The third-order valence-electron chi connectivity index (χ3n) is 7.83. The number of benzene rings is 1. The highest BCUT2D eigenvalue weighted by Crippen LogP contribution is 2.22. The van der Waals surface area contributed by atoms with Gasteiger partial charge in [-0.05, 0) is 63.5 Å². The van der Waals surface area contributed by atoms with E-state index >= 15 is 0 Å². The van der Waals surface area contributed by atoms with Crippen molar-refractivity contribution in [3.63, 3.8) is 0 Å². The maximum Gasteiger partial charge on any atom is 0.246 e. The van der Waals surface area contributed by atoms with Gasteiger partial charge in [0.2, 0.25) is 23.6 Å². The lowest BCUT2D eigenvalue weighted by Gasteiger charge is -2.35. The van der Waals surface area contributed by atoms with E-state index in [1.165, 1.54) is 11.0 Å². The van der Waals surface area contributed by atoms with Gasteiger partial charge in [0, 0.05) is 13.0 Å². The van der Waals surface area contributed by atoms with Gasteiger partial charge in [-0.3, -0.25) is 24.0 Å². The number of nitrogens with zero attached hydrogens (tertiary/aromatic N) is 1. The molecule has 10 heteroatoms. The number of carbonyl (C=O) groups is 5. The summed E-state index contributed by atoms with van der Waals surface area (Å²) >= 11 is 0. The summed E-state index contributed by atoms with van der Waals surface area (Å²) in [5.41, 5.74) is -0.433. The molecule has 0 bridgehead atoms. The smallest absolute Gasteiger partial charge is 0.246 e. The summed E-state index contributed by atoms with van der Waals surface area (Å²) in [6.45, 7) is 5.49. The van der Waals surface area contributed by atoms with Gasteiger partial charge in [0.1, 0.15) is 29.8 Å². The highest BCUT2D eigenvalue weighted by molar-refractivity contribution is 5.99. The van der Waals surface area contributed by atoms with Gasteiger partial charge in [0.25, 0.3) is 0 Å². The minimum absolute atomic E-state index is 0.262. The first-order chi connectivity index (χ1) is 19.1. The molecule has 1 aromatic carbocycles. The van der Waals surface area contributed by atoms with Crippen molar-refractivity contribution >= 4 is 29.4 Å². The number of fused-ring (bicyclic) bond motifs is 1. The van der Waals surface area contributed by atoms with Crippen molar-refractivity contribution in [3.8, 4) is 0 Å². The molecular formula is C30H42N4O6. The van der Waals surface area contributed by atoms with Crippen LogP contribution in [0.3, 0.4) is 0 Å². The second-order valence-electron chi connectivity index (χ2n) is 10.8. The zero-order chi connectivity index (χ0) is 29.3. The zero-order valence-electron chi connectivity index (χ0n) is 23.7. The molecule has 218 valence electrons. The molecule has 2 fully saturated rings. The number of hydrogen-bond donors (Lipinski definition) is 4. The van der Waals surface area contributed by atoms with Gasteiger partial charge in [0.05, 0.1) is 0 Å². The maximum absolute atomic E-state index is 13.7. The predicted molar refractivity (Wildman–Crippen MR) is 150 cm³/mol. The van der Waals surface area contributed by atoms with Crippen LogP contribution >= 0.6 is 0 Å². The monoisotopic (exact) mass is 554 g/mol. The SMILES string of the molecule is CC[C@@H](O)C(=O)/C=C/CCC[C@@H]1NC(=O)[C@H]2CCCN2C(=O)[C@H](Cc2ccccc2)NC(=O)[C@](C)(CC)NC1=O. The standard InChI is InChI=1S/C30H42N4O6/c1-4-24(35)25(36)17-11-7-10-15-21-26(37)33-30(3,5-2)29(40)32-22(19-20-13-8-6-9-14-20)28(39)34-18-12-16-23(34)27(38)31-21/h6,8-9,11,13-14,17,21-24,35H,4-5,7,10,12,15-16,18-19H2,1-3H3,(H,31,38)(H,32,40)(H,33,37)/b17-11+/t21-,22-,23+,24+,30-/m0/s1. The van der Waals surface area contributed by atoms with E-state index in [0.717, 1.165) is 5.56 Å². The molecule has 0 aliphatic carbocycles. The average Bonchev–Trinajstić information content (AvgIpc) is 3.45. The van der Waals surface area contributed by atoms with Gasteiger partial charge in [-0.25, -0.2) is 0 Å². The molecule has 0 unspecified atom stereocenters.